The van der Waals surface area contributed by atoms with Crippen molar-refractivity contribution in [2.75, 3.05) is 5.32 Å². The fourth-order valence-electron chi connectivity index (χ4n) is 4.02. The summed E-state index contributed by atoms with van der Waals surface area (Å²) < 4.78 is 2.08. The summed E-state index contributed by atoms with van der Waals surface area (Å²) in [4.78, 5) is 17.3. The standard InChI is InChI=1S/C23H23N5O/c29-21(24-23-25-22(26-27-23)17-9-5-10-17)15-20(28-13-3-4-14-28)19-12-6-8-16-7-1-2-11-18(16)19/h1-4,6-8,11-14,17,20H,5,9-10,15H2,(H2,24,25,26,27,29)/t20-/m0/s1. The zero-order valence-corrected chi connectivity index (χ0v) is 16.1. The molecule has 4 aromatic rings. The van der Waals surface area contributed by atoms with Crippen molar-refractivity contribution in [3.63, 3.8) is 0 Å². The van der Waals surface area contributed by atoms with Gasteiger partial charge in [0.1, 0.15) is 5.82 Å². The summed E-state index contributed by atoms with van der Waals surface area (Å²) in [6, 6.07) is 18.4. The van der Waals surface area contributed by atoms with E-state index in [0.29, 0.717) is 18.3 Å². The van der Waals surface area contributed by atoms with Crippen molar-refractivity contribution in [1.82, 2.24) is 19.7 Å². The lowest BCUT2D eigenvalue weighted by Crippen LogP contribution is -2.20. The van der Waals surface area contributed by atoms with Crippen LogP contribution in [0.3, 0.4) is 0 Å². The average Bonchev–Trinajstić information content (AvgIpc) is 3.37. The Balaban J connectivity index is 1.40. The number of aromatic amines is 1. The van der Waals surface area contributed by atoms with Gasteiger partial charge in [-0.3, -0.25) is 15.2 Å². The molecule has 1 amide bonds. The lowest BCUT2D eigenvalue weighted by Gasteiger charge is -2.22. The summed E-state index contributed by atoms with van der Waals surface area (Å²) in [5.74, 6) is 1.59. The minimum atomic E-state index is -0.110. The summed E-state index contributed by atoms with van der Waals surface area (Å²) in [5.41, 5.74) is 1.12. The lowest BCUT2D eigenvalue weighted by atomic mass is 9.85. The molecule has 6 nitrogen and oxygen atoms in total. The van der Waals surface area contributed by atoms with E-state index >= 15 is 0 Å². The Morgan fingerprint density at radius 3 is 2.69 bits per heavy atom. The molecule has 0 bridgehead atoms. The van der Waals surface area contributed by atoms with Crippen LogP contribution in [0.25, 0.3) is 10.8 Å². The van der Waals surface area contributed by atoms with E-state index in [2.05, 4.69) is 49.3 Å². The van der Waals surface area contributed by atoms with Crippen molar-refractivity contribution < 1.29 is 4.79 Å². The maximum absolute atomic E-state index is 12.9. The molecule has 2 heterocycles. The number of fused-ring (bicyclic) bond motifs is 1. The number of amides is 1. The molecule has 1 fully saturated rings. The Morgan fingerprint density at radius 2 is 1.90 bits per heavy atom. The highest BCUT2D eigenvalue weighted by Gasteiger charge is 2.24. The molecule has 0 saturated heterocycles. The quantitative estimate of drug-likeness (QED) is 0.507. The van der Waals surface area contributed by atoms with E-state index in [-0.39, 0.29) is 11.9 Å². The van der Waals surface area contributed by atoms with E-state index in [9.17, 15) is 4.79 Å². The van der Waals surface area contributed by atoms with E-state index < -0.39 is 0 Å². The van der Waals surface area contributed by atoms with Gasteiger partial charge in [-0.05, 0) is 41.3 Å². The summed E-state index contributed by atoms with van der Waals surface area (Å²) in [5, 5.41) is 12.3. The number of rotatable bonds is 6. The number of hydrogen-bond acceptors (Lipinski definition) is 3. The van der Waals surface area contributed by atoms with E-state index in [1.54, 1.807) is 0 Å². The van der Waals surface area contributed by atoms with Gasteiger partial charge in [-0.15, -0.1) is 5.10 Å². The number of aromatic nitrogens is 4. The molecule has 0 unspecified atom stereocenters. The van der Waals surface area contributed by atoms with E-state index in [4.69, 9.17) is 0 Å². The molecule has 0 aliphatic heterocycles. The Labute approximate surface area is 169 Å². The molecule has 2 aromatic carbocycles. The van der Waals surface area contributed by atoms with Crippen LogP contribution in [0, 0.1) is 0 Å². The molecule has 6 heteroatoms. The first-order valence-corrected chi connectivity index (χ1v) is 10.1. The molecule has 1 aliphatic rings. The number of benzene rings is 2. The first kappa shape index (κ1) is 17.7. The van der Waals surface area contributed by atoms with Crippen molar-refractivity contribution in [3.05, 3.63) is 78.4 Å². The summed E-state index contributed by atoms with van der Waals surface area (Å²) in [6.07, 6.45) is 7.81. The van der Waals surface area contributed by atoms with Gasteiger partial charge in [0, 0.05) is 18.3 Å². The minimum absolute atomic E-state index is 0.101. The van der Waals surface area contributed by atoms with Crippen LogP contribution in [0.1, 0.15) is 49.0 Å². The Kier molecular flexibility index (Phi) is 4.60. The third-order valence-electron chi connectivity index (χ3n) is 5.79. The van der Waals surface area contributed by atoms with Crippen LogP contribution in [0.5, 0.6) is 0 Å². The normalized spacial score (nSPS) is 15.2. The van der Waals surface area contributed by atoms with E-state index in [1.807, 2.05) is 42.7 Å². The molecule has 5 rings (SSSR count). The van der Waals surface area contributed by atoms with Gasteiger partial charge in [-0.25, -0.2) is 0 Å². The Bertz CT molecular complexity index is 1120. The molecular formula is C23H23N5O. The van der Waals surface area contributed by atoms with Crippen molar-refractivity contribution in [3.8, 4) is 0 Å². The smallest absolute Gasteiger partial charge is 0.248 e. The number of nitrogens with one attached hydrogen (secondary N) is 2. The Hall–Kier alpha value is -3.41. The third kappa shape index (κ3) is 3.53. The number of anilines is 1. The lowest BCUT2D eigenvalue weighted by molar-refractivity contribution is -0.116. The van der Waals surface area contributed by atoms with Gasteiger partial charge in [0.05, 0.1) is 12.5 Å². The largest absolute Gasteiger partial charge is 0.346 e. The fourth-order valence-corrected chi connectivity index (χ4v) is 4.02. The second-order valence-corrected chi connectivity index (χ2v) is 7.64. The third-order valence-corrected chi connectivity index (χ3v) is 5.79. The molecule has 29 heavy (non-hydrogen) atoms. The summed E-state index contributed by atoms with van der Waals surface area (Å²) in [7, 11) is 0. The van der Waals surface area contributed by atoms with E-state index in [1.165, 1.54) is 11.8 Å². The van der Waals surface area contributed by atoms with Crippen molar-refractivity contribution in [2.24, 2.45) is 0 Å². The molecule has 0 radical (unpaired) electrons. The van der Waals surface area contributed by atoms with Crippen LogP contribution >= 0.6 is 0 Å². The zero-order valence-electron chi connectivity index (χ0n) is 16.1. The summed E-state index contributed by atoms with van der Waals surface area (Å²) in [6.45, 7) is 0. The monoisotopic (exact) mass is 385 g/mol. The number of nitrogens with zero attached hydrogens (tertiary/aromatic N) is 3. The highest BCUT2D eigenvalue weighted by Crippen LogP contribution is 2.34. The molecule has 2 N–H and O–H groups in total. The number of carbonyl (C=O) groups is 1. The van der Waals surface area contributed by atoms with Crippen molar-refractivity contribution in [1.29, 1.82) is 0 Å². The first-order chi connectivity index (χ1) is 14.3. The van der Waals surface area contributed by atoms with Gasteiger partial charge in [-0.1, -0.05) is 48.9 Å². The molecule has 146 valence electrons. The zero-order chi connectivity index (χ0) is 19.6. The average molecular weight is 385 g/mol. The predicted molar refractivity (Wildman–Crippen MR) is 113 cm³/mol. The van der Waals surface area contributed by atoms with Crippen LogP contribution < -0.4 is 5.32 Å². The highest BCUT2D eigenvalue weighted by atomic mass is 16.1. The predicted octanol–water partition coefficient (Wildman–Crippen LogP) is 4.65. The van der Waals surface area contributed by atoms with Crippen LogP contribution in [-0.4, -0.2) is 25.7 Å². The maximum Gasteiger partial charge on any atom is 0.248 e. The van der Waals surface area contributed by atoms with Gasteiger partial charge in [0.2, 0.25) is 11.9 Å². The maximum atomic E-state index is 12.9. The molecule has 1 aliphatic carbocycles. The number of carbonyl (C=O) groups excluding carboxylic acids is 1. The van der Waals surface area contributed by atoms with Gasteiger partial charge in [0.15, 0.2) is 0 Å². The molecule has 2 aromatic heterocycles. The van der Waals surface area contributed by atoms with Crippen LogP contribution in [0.4, 0.5) is 5.95 Å². The van der Waals surface area contributed by atoms with Gasteiger partial charge in [-0.2, -0.15) is 4.98 Å². The number of hydrogen-bond donors (Lipinski definition) is 2. The second-order valence-electron chi connectivity index (χ2n) is 7.64. The first-order valence-electron chi connectivity index (χ1n) is 10.1. The highest BCUT2D eigenvalue weighted by molar-refractivity contribution is 5.91. The van der Waals surface area contributed by atoms with Crippen molar-refractivity contribution in [2.45, 2.75) is 37.6 Å². The number of H-pyrrole nitrogens is 1. The van der Waals surface area contributed by atoms with Crippen molar-refractivity contribution >= 4 is 22.6 Å². The van der Waals surface area contributed by atoms with Gasteiger partial charge in [0.25, 0.3) is 0 Å². The molecule has 1 saturated carbocycles. The van der Waals surface area contributed by atoms with E-state index in [0.717, 1.165) is 29.6 Å². The van der Waals surface area contributed by atoms with Crippen LogP contribution in [0.15, 0.2) is 67.0 Å². The second kappa shape index (κ2) is 7.54. The molecule has 0 spiro atoms. The fraction of sp³-hybridized carbons (Fsp3) is 0.261. The van der Waals surface area contributed by atoms with Crippen LogP contribution in [0.2, 0.25) is 0 Å². The van der Waals surface area contributed by atoms with Crippen LogP contribution in [-0.2, 0) is 4.79 Å². The Morgan fingerprint density at radius 1 is 1.10 bits per heavy atom. The molecule has 1 atom stereocenters. The molecular weight excluding hydrogens is 362 g/mol. The van der Waals surface area contributed by atoms with Gasteiger partial charge < -0.3 is 4.57 Å². The minimum Gasteiger partial charge on any atom is -0.346 e. The summed E-state index contributed by atoms with van der Waals surface area (Å²) >= 11 is 0. The topological polar surface area (TPSA) is 75.6 Å². The SMILES string of the molecule is O=C(C[C@@H](c1cccc2ccccc12)n1cccc1)Nc1n[nH]c(C2CCC2)n1. The van der Waals surface area contributed by atoms with Gasteiger partial charge >= 0.3 is 0 Å².